The lowest BCUT2D eigenvalue weighted by molar-refractivity contribution is 0.138. The zero-order valence-corrected chi connectivity index (χ0v) is 11.1. The molecule has 0 radical (unpaired) electrons. The molecule has 7 nitrogen and oxygen atoms in total. The number of hydrogen-bond acceptors (Lipinski definition) is 5. The first-order chi connectivity index (χ1) is 10.2. The lowest BCUT2D eigenvalue weighted by Crippen LogP contribution is -2.25. The average molecular weight is 291 g/mol. The molecule has 1 atom stereocenters. The summed E-state index contributed by atoms with van der Waals surface area (Å²) in [6.45, 7) is 0.809. The van der Waals surface area contributed by atoms with Crippen LogP contribution in [0.4, 0.5) is 14.9 Å². The predicted molar refractivity (Wildman–Crippen MR) is 72.6 cm³/mol. The van der Waals surface area contributed by atoms with Crippen molar-refractivity contribution in [2.24, 2.45) is 5.73 Å². The Kier molecular flexibility index (Phi) is 3.53. The fourth-order valence-corrected chi connectivity index (χ4v) is 2.25. The van der Waals surface area contributed by atoms with Crippen molar-refractivity contribution < 1.29 is 13.9 Å². The second-order valence-corrected chi connectivity index (χ2v) is 4.67. The fraction of sp³-hybridized carbons (Fsp3) is 0.308. The highest BCUT2D eigenvalue weighted by molar-refractivity contribution is 5.89. The molecule has 0 bridgehead atoms. The van der Waals surface area contributed by atoms with Crippen LogP contribution in [0.3, 0.4) is 0 Å². The lowest BCUT2D eigenvalue weighted by atomic mass is 10.2. The molecule has 110 valence electrons. The van der Waals surface area contributed by atoms with Gasteiger partial charge in [0.05, 0.1) is 12.2 Å². The van der Waals surface area contributed by atoms with Crippen molar-refractivity contribution in [2.45, 2.75) is 12.5 Å². The zero-order valence-electron chi connectivity index (χ0n) is 11.1. The molecule has 1 aliphatic rings. The average Bonchev–Trinajstić information content (AvgIpc) is 3.09. The number of hydrogen-bond donors (Lipinski definition) is 1. The smallest absolute Gasteiger partial charge is 0.414 e. The van der Waals surface area contributed by atoms with Crippen LogP contribution < -0.4 is 10.6 Å². The molecule has 0 spiro atoms. The number of amides is 1. The van der Waals surface area contributed by atoms with Crippen LogP contribution in [0.15, 0.2) is 30.9 Å². The van der Waals surface area contributed by atoms with Gasteiger partial charge in [-0.2, -0.15) is 5.10 Å². The van der Waals surface area contributed by atoms with Gasteiger partial charge in [-0.25, -0.2) is 18.9 Å². The fourth-order valence-electron chi connectivity index (χ4n) is 2.25. The van der Waals surface area contributed by atoms with Gasteiger partial charge >= 0.3 is 6.09 Å². The molecule has 1 aliphatic heterocycles. The van der Waals surface area contributed by atoms with E-state index in [4.69, 9.17) is 10.5 Å². The van der Waals surface area contributed by atoms with Crippen molar-refractivity contribution in [3.63, 3.8) is 0 Å². The first-order valence-corrected chi connectivity index (χ1v) is 6.52. The van der Waals surface area contributed by atoms with E-state index >= 15 is 0 Å². The van der Waals surface area contributed by atoms with Crippen molar-refractivity contribution >= 4 is 11.8 Å². The maximum atomic E-state index is 14.2. The quantitative estimate of drug-likeness (QED) is 0.911. The molecule has 1 amide bonds. The number of ether oxygens (including phenoxy) is 1. The molecule has 1 fully saturated rings. The molecule has 1 aromatic carbocycles. The molecule has 0 saturated carbocycles. The minimum Gasteiger partial charge on any atom is -0.444 e. The van der Waals surface area contributed by atoms with E-state index in [1.165, 1.54) is 28.3 Å². The van der Waals surface area contributed by atoms with E-state index < -0.39 is 11.9 Å². The van der Waals surface area contributed by atoms with Crippen LogP contribution in [0.25, 0.3) is 5.69 Å². The van der Waals surface area contributed by atoms with Crippen LogP contribution >= 0.6 is 0 Å². The zero-order chi connectivity index (χ0) is 14.8. The number of nitrogens with zero attached hydrogens (tertiary/aromatic N) is 4. The monoisotopic (exact) mass is 291 g/mol. The van der Waals surface area contributed by atoms with Crippen LogP contribution in [0.1, 0.15) is 6.42 Å². The minimum absolute atomic E-state index is 0.249. The minimum atomic E-state index is -0.493. The number of aromatic nitrogens is 3. The first-order valence-electron chi connectivity index (χ1n) is 6.52. The van der Waals surface area contributed by atoms with Gasteiger partial charge in [-0.1, -0.05) is 0 Å². The lowest BCUT2D eigenvalue weighted by Gasteiger charge is -2.14. The second kappa shape index (κ2) is 5.49. The Hall–Kier alpha value is -2.48. The maximum Gasteiger partial charge on any atom is 0.414 e. The van der Waals surface area contributed by atoms with Gasteiger partial charge in [-0.3, -0.25) is 4.90 Å². The van der Waals surface area contributed by atoms with Gasteiger partial charge in [0.25, 0.3) is 0 Å². The highest BCUT2D eigenvalue weighted by Gasteiger charge is 2.32. The van der Waals surface area contributed by atoms with Crippen molar-refractivity contribution in [1.29, 1.82) is 0 Å². The second-order valence-electron chi connectivity index (χ2n) is 4.67. The summed E-state index contributed by atoms with van der Waals surface area (Å²) in [5.41, 5.74) is 6.16. The molecule has 21 heavy (non-hydrogen) atoms. The van der Waals surface area contributed by atoms with E-state index in [1.807, 2.05) is 0 Å². The number of carbonyl (C=O) groups excluding carboxylic acids is 1. The summed E-state index contributed by atoms with van der Waals surface area (Å²) in [5, 5.41) is 3.87. The SMILES string of the molecule is NCC[C@H]1CN(c2ccc(-n3cncn3)c(F)c2)C(=O)O1. The number of halogens is 1. The molecular weight excluding hydrogens is 277 g/mol. The molecule has 1 saturated heterocycles. The van der Waals surface area contributed by atoms with Gasteiger partial charge in [0, 0.05) is 0 Å². The third-order valence-electron chi connectivity index (χ3n) is 3.27. The summed E-state index contributed by atoms with van der Waals surface area (Å²) < 4.78 is 20.6. The van der Waals surface area contributed by atoms with Gasteiger partial charge < -0.3 is 10.5 Å². The molecule has 0 aliphatic carbocycles. The molecule has 2 aromatic rings. The summed E-state index contributed by atoms with van der Waals surface area (Å²) in [7, 11) is 0. The molecule has 0 unspecified atom stereocenters. The van der Waals surface area contributed by atoms with E-state index in [-0.39, 0.29) is 11.8 Å². The van der Waals surface area contributed by atoms with Crippen molar-refractivity contribution in [3.8, 4) is 5.69 Å². The third-order valence-corrected chi connectivity index (χ3v) is 3.27. The number of rotatable bonds is 4. The van der Waals surface area contributed by atoms with Crippen molar-refractivity contribution in [2.75, 3.05) is 18.0 Å². The Morgan fingerprint density at radius 1 is 1.48 bits per heavy atom. The molecule has 2 heterocycles. The van der Waals surface area contributed by atoms with E-state index in [9.17, 15) is 9.18 Å². The number of benzene rings is 1. The van der Waals surface area contributed by atoms with E-state index in [0.717, 1.165) is 0 Å². The number of anilines is 1. The maximum absolute atomic E-state index is 14.2. The van der Waals surface area contributed by atoms with Gasteiger partial charge in [-0.15, -0.1) is 0 Å². The predicted octanol–water partition coefficient (Wildman–Crippen LogP) is 1.08. The summed E-state index contributed by atoms with van der Waals surface area (Å²) in [4.78, 5) is 17.0. The molecule has 8 heteroatoms. The van der Waals surface area contributed by atoms with Crippen LogP contribution in [0, 0.1) is 5.82 Å². The Morgan fingerprint density at radius 3 is 3.00 bits per heavy atom. The van der Waals surface area contributed by atoms with E-state index in [0.29, 0.717) is 25.2 Å². The highest BCUT2D eigenvalue weighted by Crippen LogP contribution is 2.25. The summed E-state index contributed by atoms with van der Waals surface area (Å²) in [6.07, 6.45) is 2.58. The Labute approximate surface area is 120 Å². The Morgan fingerprint density at radius 2 is 2.33 bits per heavy atom. The van der Waals surface area contributed by atoms with Crippen LogP contribution in [-0.4, -0.2) is 40.1 Å². The highest BCUT2D eigenvalue weighted by atomic mass is 19.1. The summed E-state index contributed by atoms with van der Waals surface area (Å²) in [5.74, 6) is -0.493. The number of nitrogens with two attached hydrogens (primary N) is 1. The summed E-state index contributed by atoms with van der Waals surface area (Å²) >= 11 is 0. The van der Waals surface area contributed by atoms with Crippen LogP contribution in [0.2, 0.25) is 0 Å². The van der Waals surface area contributed by atoms with Crippen LogP contribution in [-0.2, 0) is 4.74 Å². The first kappa shape index (κ1) is 13.5. The Bertz CT molecular complexity index is 646. The van der Waals surface area contributed by atoms with Gasteiger partial charge in [-0.05, 0) is 31.2 Å². The Balaban J connectivity index is 1.84. The van der Waals surface area contributed by atoms with Gasteiger partial charge in [0.1, 0.15) is 24.4 Å². The van der Waals surface area contributed by atoms with E-state index in [2.05, 4.69) is 10.1 Å². The van der Waals surface area contributed by atoms with Crippen molar-refractivity contribution in [1.82, 2.24) is 14.8 Å². The standard InChI is InChI=1S/C13H14FN5O2/c14-11-5-9(1-2-12(11)19-8-16-7-17-19)18-6-10(3-4-15)21-13(18)20/h1-2,5,7-8,10H,3-4,6,15H2/t10-/m0/s1. The topological polar surface area (TPSA) is 86.3 Å². The van der Waals surface area contributed by atoms with Gasteiger partial charge in [0.15, 0.2) is 5.82 Å². The van der Waals surface area contributed by atoms with Crippen molar-refractivity contribution in [3.05, 3.63) is 36.7 Å². The molecule has 3 rings (SSSR count). The normalized spacial score (nSPS) is 18.1. The number of carbonyl (C=O) groups is 1. The van der Waals surface area contributed by atoms with Crippen LogP contribution in [0.5, 0.6) is 0 Å². The molecular formula is C13H14FN5O2. The molecule has 1 aromatic heterocycles. The van der Waals surface area contributed by atoms with Gasteiger partial charge in [0.2, 0.25) is 0 Å². The van der Waals surface area contributed by atoms with E-state index in [1.54, 1.807) is 12.1 Å². The number of cyclic esters (lactones) is 1. The summed E-state index contributed by atoms with van der Waals surface area (Å²) in [6, 6.07) is 4.47. The largest absolute Gasteiger partial charge is 0.444 e. The third kappa shape index (κ3) is 2.57. The molecule has 2 N–H and O–H groups in total.